The predicted octanol–water partition coefficient (Wildman–Crippen LogP) is 3.00. The van der Waals surface area contributed by atoms with E-state index < -0.39 is 29.0 Å². The summed E-state index contributed by atoms with van der Waals surface area (Å²) in [6.07, 6.45) is 3.36. The number of rotatable bonds is 10. The molecular formula is C28H34N6O6. The number of ketones is 1. The lowest BCUT2D eigenvalue weighted by atomic mass is 9.86. The normalized spacial score (nSPS) is 12.3. The number of Topliss-reactive ketones (excluding diaryl/α,β-unsaturated/α-hetero) is 1. The van der Waals surface area contributed by atoms with Crippen LogP contribution in [0.1, 0.15) is 49.8 Å². The highest BCUT2D eigenvalue weighted by Crippen LogP contribution is 2.25. The van der Waals surface area contributed by atoms with Gasteiger partial charge in [-0.1, -0.05) is 32.9 Å². The summed E-state index contributed by atoms with van der Waals surface area (Å²) in [6.45, 7) is 5.56. The fourth-order valence-electron chi connectivity index (χ4n) is 3.90. The molecule has 0 aliphatic rings. The Morgan fingerprint density at radius 2 is 1.88 bits per heavy atom. The monoisotopic (exact) mass is 550 g/mol. The molecule has 212 valence electrons. The number of carbonyl (C=O) groups is 4. The molecule has 4 N–H and O–H groups in total. The molecule has 12 nitrogen and oxygen atoms in total. The second-order valence-corrected chi connectivity index (χ2v) is 10.5. The van der Waals surface area contributed by atoms with Crippen LogP contribution in [-0.2, 0) is 16.1 Å². The third kappa shape index (κ3) is 7.43. The van der Waals surface area contributed by atoms with Gasteiger partial charge in [0.15, 0.2) is 5.78 Å². The first-order valence-corrected chi connectivity index (χ1v) is 12.7. The number of fused-ring (bicyclic) bond motifs is 1. The first-order valence-electron chi connectivity index (χ1n) is 12.7. The first-order chi connectivity index (χ1) is 18.8. The number of para-hydroxylation sites is 1. The number of H-pyrrole nitrogens is 1. The fourth-order valence-corrected chi connectivity index (χ4v) is 3.90. The van der Waals surface area contributed by atoms with E-state index in [2.05, 4.69) is 20.6 Å². The number of likely N-dealkylation sites (N-methyl/N-ethyl adjacent to an activating group) is 1. The number of hydrogen-bond donors (Lipinski definition) is 4. The van der Waals surface area contributed by atoms with E-state index in [0.29, 0.717) is 22.4 Å². The first kappa shape index (κ1) is 29.8. The van der Waals surface area contributed by atoms with Crippen molar-refractivity contribution in [1.29, 1.82) is 0 Å². The molecule has 0 saturated carbocycles. The molecule has 0 bridgehead atoms. The maximum atomic E-state index is 13.1. The zero-order valence-electron chi connectivity index (χ0n) is 23.1. The molecule has 1 aromatic carbocycles. The summed E-state index contributed by atoms with van der Waals surface area (Å²) >= 11 is 0. The Bertz CT molecular complexity index is 1510. The Hall–Kier alpha value is -4.74. The maximum absolute atomic E-state index is 13.1. The van der Waals surface area contributed by atoms with Crippen molar-refractivity contribution in [1.82, 2.24) is 24.8 Å². The molecule has 3 amide bonds. The summed E-state index contributed by atoms with van der Waals surface area (Å²) < 4.78 is 1.34. The summed E-state index contributed by atoms with van der Waals surface area (Å²) in [6, 6.07) is 7.10. The minimum absolute atomic E-state index is 0.0391. The van der Waals surface area contributed by atoms with E-state index in [-0.39, 0.29) is 36.8 Å². The van der Waals surface area contributed by atoms with Crippen molar-refractivity contribution in [2.75, 3.05) is 19.4 Å². The molecule has 2 heterocycles. The van der Waals surface area contributed by atoms with Crippen LogP contribution in [0.2, 0.25) is 0 Å². The minimum atomic E-state index is -1.40. The number of benzene rings is 1. The van der Waals surface area contributed by atoms with Crippen LogP contribution in [-0.4, -0.2) is 68.4 Å². The van der Waals surface area contributed by atoms with Gasteiger partial charge in [0.05, 0.1) is 17.6 Å². The molecule has 0 radical (unpaired) electrons. The molecular weight excluding hydrogens is 516 g/mol. The molecule has 40 heavy (non-hydrogen) atoms. The van der Waals surface area contributed by atoms with Gasteiger partial charge in [-0.05, 0) is 43.2 Å². The highest BCUT2D eigenvalue weighted by Gasteiger charge is 2.26. The molecule has 2 aromatic heterocycles. The Morgan fingerprint density at radius 1 is 1.15 bits per heavy atom. The maximum Gasteiger partial charge on any atom is 0.405 e. The number of nitrogens with one attached hydrogen (secondary N) is 3. The van der Waals surface area contributed by atoms with Gasteiger partial charge >= 0.3 is 6.09 Å². The van der Waals surface area contributed by atoms with Crippen molar-refractivity contribution in [2.24, 2.45) is 5.41 Å². The van der Waals surface area contributed by atoms with E-state index in [9.17, 15) is 29.1 Å². The van der Waals surface area contributed by atoms with Gasteiger partial charge in [0.2, 0.25) is 11.8 Å². The molecule has 0 fully saturated rings. The van der Waals surface area contributed by atoms with E-state index >= 15 is 0 Å². The Kier molecular flexibility index (Phi) is 9.25. The largest absolute Gasteiger partial charge is 0.465 e. The van der Waals surface area contributed by atoms with Crippen molar-refractivity contribution < 1.29 is 24.3 Å². The van der Waals surface area contributed by atoms with Gasteiger partial charge < -0.3 is 30.2 Å². The van der Waals surface area contributed by atoms with Crippen LogP contribution in [0.3, 0.4) is 0 Å². The fraction of sp³-hybridized carbons (Fsp3) is 0.357. The van der Waals surface area contributed by atoms with Crippen LogP contribution in [0, 0.1) is 5.41 Å². The van der Waals surface area contributed by atoms with Crippen molar-refractivity contribution in [3.8, 4) is 0 Å². The number of pyridine rings is 1. The number of nitrogens with zero attached hydrogens (tertiary/aromatic N) is 3. The van der Waals surface area contributed by atoms with Gasteiger partial charge in [-0.3, -0.25) is 19.2 Å². The molecule has 0 aliphatic carbocycles. The second-order valence-electron chi connectivity index (χ2n) is 10.5. The number of allylic oxidation sites excluding steroid dienone is 1. The second kappa shape index (κ2) is 12.4. The minimum Gasteiger partial charge on any atom is -0.465 e. The lowest BCUT2D eigenvalue weighted by Crippen LogP contribution is -2.44. The topological polar surface area (TPSA) is 166 Å². The van der Waals surface area contributed by atoms with Crippen LogP contribution in [0.4, 0.5) is 10.5 Å². The standard InChI is InChI=1S/C28H34N6O6/c1-28(2,3)24(36)17-10-8-12-18-23(17)32-21(29-18)16-34-15-9-13-20(26(34)38)30-25(37)19(31-27(39)40)11-6-7-14-22(35)33(4)5/h7-10,12-15,19,31H,6,11,16H2,1-5H3,(H,29,32)(H,30,37)(H,39,40). The summed E-state index contributed by atoms with van der Waals surface area (Å²) in [7, 11) is 3.20. The molecule has 0 saturated heterocycles. The molecule has 3 aromatic rings. The average Bonchev–Trinajstić information content (AvgIpc) is 3.29. The van der Waals surface area contributed by atoms with E-state index in [4.69, 9.17) is 0 Å². The summed E-state index contributed by atoms with van der Waals surface area (Å²) in [5.41, 5.74) is 0.534. The number of amides is 3. The van der Waals surface area contributed by atoms with E-state index in [1.807, 2.05) is 20.8 Å². The van der Waals surface area contributed by atoms with Gasteiger partial charge in [-0.25, -0.2) is 9.78 Å². The molecule has 3 rings (SSSR count). The van der Waals surface area contributed by atoms with Crippen molar-refractivity contribution in [2.45, 2.75) is 46.2 Å². The van der Waals surface area contributed by atoms with Crippen LogP contribution in [0.5, 0.6) is 0 Å². The molecule has 12 heteroatoms. The van der Waals surface area contributed by atoms with Crippen LogP contribution in [0.25, 0.3) is 11.0 Å². The van der Waals surface area contributed by atoms with Gasteiger partial charge in [-0.15, -0.1) is 0 Å². The number of aromatic nitrogens is 3. The van der Waals surface area contributed by atoms with E-state index in [1.54, 1.807) is 44.4 Å². The van der Waals surface area contributed by atoms with Crippen molar-refractivity contribution >= 4 is 40.4 Å². The number of imidazole rings is 1. The molecule has 0 aliphatic heterocycles. The van der Waals surface area contributed by atoms with Gasteiger partial charge in [0.1, 0.15) is 17.6 Å². The highest BCUT2D eigenvalue weighted by molar-refractivity contribution is 6.08. The Balaban J connectivity index is 1.78. The smallest absolute Gasteiger partial charge is 0.405 e. The van der Waals surface area contributed by atoms with E-state index in [0.717, 1.165) is 0 Å². The van der Waals surface area contributed by atoms with Crippen LogP contribution < -0.4 is 16.2 Å². The average molecular weight is 551 g/mol. The third-order valence-corrected chi connectivity index (χ3v) is 6.03. The zero-order valence-corrected chi connectivity index (χ0v) is 23.1. The highest BCUT2D eigenvalue weighted by atomic mass is 16.4. The molecule has 0 spiro atoms. The van der Waals surface area contributed by atoms with Crippen LogP contribution in [0.15, 0.2) is 53.5 Å². The van der Waals surface area contributed by atoms with Gasteiger partial charge in [0.25, 0.3) is 5.56 Å². The lowest BCUT2D eigenvalue weighted by molar-refractivity contribution is -0.123. The molecule has 1 unspecified atom stereocenters. The number of anilines is 1. The quantitative estimate of drug-likeness (QED) is 0.222. The number of hydrogen-bond acceptors (Lipinski definition) is 6. The number of aromatic amines is 1. The SMILES string of the molecule is CN(C)C(=O)C=CCCC(NC(=O)O)C(=O)Nc1cccn(Cc2nc3cccc(C(=O)C(C)(C)C)c3[nH]2)c1=O. The summed E-state index contributed by atoms with van der Waals surface area (Å²) in [5.74, 6) is -0.545. The number of carboxylic acid groups (broad SMARTS) is 1. The van der Waals surface area contributed by atoms with Crippen LogP contribution >= 0.6 is 0 Å². The van der Waals surface area contributed by atoms with Crippen molar-refractivity contribution in [3.05, 3.63) is 70.4 Å². The zero-order chi connectivity index (χ0) is 29.6. The molecule has 1 atom stereocenters. The lowest BCUT2D eigenvalue weighted by Gasteiger charge is -2.16. The summed E-state index contributed by atoms with van der Waals surface area (Å²) in [4.78, 5) is 70.9. The predicted molar refractivity (Wildman–Crippen MR) is 150 cm³/mol. The summed E-state index contributed by atoms with van der Waals surface area (Å²) in [5, 5.41) is 13.8. The third-order valence-electron chi connectivity index (χ3n) is 6.03. The Labute approximate surface area is 231 Å². The van der Waals surface area contributed by atoms with E-state index in [1.165, 1.54) is 27.8 Å². The van der Waals surface area contributed by atoms with Crippen molar-refractivity contribution in [3.63, 3.8) is 0 Å². The number of carbonyl (C=O) groups excluding carboxylic acids is 3. The Morgan fingerprint density at radius 3 is 2.52 bits per heavy atom. The van der Waals surface area contributed by atoms with Gasteiger partial charge in [0, 0.05) is 31.3 Å². The van der Waals surface area contributed by atoms with Gasteiger partial charge in [-0.2, -0.15) is 0 Å².